The van der Waals surface area contributed by atoms with E-state index >= 15 is 0 Å². The van der Waals surface area contributed by atoms with Crippen molar-refractivity contribution in [2.24, 2.45) is 10.7 Å². The van der Waals surface area contributed by atoms with Crippen LogP contribution >= 0.6 is 11.6 Å². The van der Waals surface area contributed by atoms with Gasteiger partial charge in [-0.2, -0.15) is 4.98 Å². The fourth-order valence-electron chi connectivity index (χ4n) is 2.40. The number of benzene rings is 1. The molecule has 0 atom stereocenters. The van der Waals surface area contributed by atoms with E-state index in [2.05, 4.69) is 19.9 Å². The molecule has 3 aromatic rings. The second-order valence-corrected chi connectivity index (χ2v) is 5.86. The Morgan fingerprint density at radius 1 is 1.12 bits per heavy atom. The van der Waals surface area contributed by atoms with Gasteiger partial charge in [-0.05, 0) is 19.1 Å². The number of nitrogens with zero attached hydrogens (tertiary/aromatic N) is 4. The molecule has 2 aromatic heterocycles. The van der Waals surface area contributed by atoms with Crippen molar-refractivity contribution in [3.63, 3.8) is 0 Å². The maximum Gasteiger partial charge on any atom is 0.222 e. The molecule has 0 amide bonds. The second kappa shape index (κ2) is 7.27. The third-order valence-electron chi connectivity index (χ3n) is 3.62. The van der Waals surface area contributed by atoms with Crippen LogP contribution in [0.1, 0.15) is 11.3 Å². The average molecular weight is 353 g/mol. The van der Waals surface area contributed by atoms with Crippen LogP contribution in [0.25, 0.3) is 11.3 Å². The van der Waals surface area contributed by atoms with Crippen molar-refractivity contribution in [1.82, 2.24) is 15.0 Å². The normalized spacial score (nSPS) is 11.5. The molecule has 0 unspecified atom stereocenters. The molecule has 0 bridgehead atoms. The van der Waals surface area contributed by atoms with Gasteiger partial charge in [0, 0.05) is 23.7 Å². The molecule has 0 aliphatic rings. The lowest BCUT2D eigenvalue weighted by Gasteiger charge is -2.09. The van der Waals surface area contributed by atoms with Crippen LogP contribution in [0.5, 0.6) is 0 Å². The van der Waals surface area contributed by atoms with Gasteiger partial charge < -0.3 is 11.5 Å². The molecule has 6 nitrogen and oxygen atoms in total. The summed E-state index contributed by atoms with van der Waals surface area (Å²) in [5.74, 6) is 0.934. The highest BCUT2D eigenvalue weighted by Gasteiger charge is 2.12. The molecule has 7 heteroatoms. The number of rotatable bonds is 4. The second-order valence-electron chi connectivity index (χ2n) is 5.46. The van der Waals surface area contributed by atoms with Gasteiger partial charge >= 0.3 is 0 Å². The molecule has 0 radical (unpaired) electrons. The van der Waals surface area contributed by atoms with Crippen molar-refractivity contribution in [2.45, 2.75) is 13.3 Å². The zero-order valence-corrected chi connectivity index (χ0v) is 14.4. The molecule has 0 spiro atoms. The number of anilines is 1. The Bertz CT molecular complexity index is 924. The topological polar surface area (TPSA) is 103 Å². The molecule has 4 N–H and O–H groups in total. The third-order valence-corrected chi connectivity index (χ3v) is 3.96. The van der Waals surface area contributed by atoms with Gasteiger partial charge in [-0.15, -0.1) is 0 Å². The zero-order valence-electron chi connectivity index (χ0n) is 13.6. The first-order valence-corrected chi connectivity index (χ1v) is 8.04. The van der Waals surface area contributed by atoms with Gasteiger partial charge in [-0.3, -0.25) is 4.98 Å². The number of amidine groups is 1. The monoisotopic (exact) mass is 352 g/mol. The molecule has 0 aliphatic carbocycles. The first-order valence-electron chi connectivity index (χ1n) is 7.66. The quantitative estimate of drug-likeness (QED) is 0.553. The van der Waals surface area contributed by atoms with E-state index in [0.717, 1.165) is 16.8 Å². The Morgan fingerprint density at radius 3 is 2.60 bits per heavy atom. The molecule has 0 aliphatic heterocycles. The van der Waals surface area contributed by atoms with Crippen LogP contribution in [0.4, 0.5) is 11.8 Å². The number of pyridine rings is 1. The van der Waals surface area contributed by atoms with Gasteiger partial charge in [-0.1, -0.05) is 41.9 Å². The van der Waals surface area contributed by atoms with Gasteiger partial charge in [0.2, 0.25) is 5.95 Å². The van der Waals surface area contributed by atoms with Crippen LogP contribution in [0.2, 0.25) is 5.02 Å². The van der Waals surface area contributed by atoms with Crippen LogP contribution in [0.3, 0.4) is 0 Å². The average Bonchev–Trinajstić information content (AvgIpc) is 2.60. The van der Waals surface area contributed by atoms with Gasteiger partial charge in [0.25, 0.3) is 0 Å². The zero-order chi connectivity index (χ0) is 17.8. The van der Waals surface area contributed by atoms with Crippen LogP contribution in [-0.4, -0.2) is 20.8 Å². The Kier molecular flexibility index (Phi) is 4.90. The van der Waals surface area contributed by atoms with E-state index in [0.29, 0.717) is 28.8 Å². The number of aliphatic imine (C=N–C) groups is 1. The highest BCUT2D eigenvalue weighted by molar-refractivity contribution is 6.31. The first-order chi connectivity index (χ1) is 12.0. The summed E-state index contributed by atoms with van der Waals surface area (Å²) < 4.78 is 0. The predicted octanol–water partition coefficient (Wildman–Crippen LogP) is 3.31. The molecule has 3 rings (SSSR count). The van der Waals surface area contributed by atoms with Gasteiger partial charge in [0.05, 0.1) is 16.4 Å². The van der Waals surface area contributed by atoms with Crippen LogP contribution in [-0.2, 0) is 6.42 Å². The van der Waals surface area contributed by atoms with E-state index in [-0.39, 0.29) is 5.95 Å². The fourth-order valence-corrected chi connectivity index (χ4v) is 2.59. The van der Waals surface area contributed by atoms with E-state index < -0.39 is 0 Å². The smallest absolute Gasteiger partial charge is 0.222 e. The largest absolute Gasteiger partial charge is 0.387 e. The summed E-state index contributed by atoms with van der Waals surface area (Å²) in [6.45, 7) is 1.89. The molecule has 0 saturated heterocycles. The van der Waals surface area contributed by atoms with E-state index in [9.17, 15) is 0 Å². The molecule has 25 heavy (non-hydrogen) atoms. The predicted molar refractivity (Wildman–Crippen MR) is 101 cm³/mol. The Hall–Kier alpha value is -2.99. The minimum absolute atomic E-state index is 0.145. The number of hydrogen-bond donors (Lipinski definition) is 2. The fraction of sp³-hybridized carbons (Fsp3) is 0.111. The lowest BCUT2D eigenvalue weighted by atomic mass is 10.1. The first kappa shape index (κ1) is 16.9. The molecule has 0 saturated carbocycles. The van der Waals surface area contributed by atoms with E-state index in [1.165, 1.54) is 0 Å². The molecular formula is C18H17ClN6. The Morgan fingerprint density at radius 2 is 1.88 bits per heavy atom. The molecule has 2 heterocycles. The minimum atomic E-state index is 0.145. The summed E-state index contributed by atoms with van der Waals surface area (Å²) in [6, 6.07) is 13.3. The number of hydrogen-bond acceptors (Lipinski definition) is 5. The molecule has 0 fully saturated rings. The number of nitrogen functional groups attached to an aromatic ring is 1. The lowest BCUT2D eigenvalue weighted by Crippen LogP contribution is -2.16. The summed E-state index contributed by atoms with van der Waals surface area (Å²) in [5.41, 5.74) is 15.1. The van der Waals surface area contributed by atoms with Gasteiger partial charge in [-0.25, -0.2) is 9.98 Å². The maximum atomic E-state index is 6.11. The van der Waals surface area contributed by atoms with Crippen LogP contribution < -0.4 is 11.5 Å². The summed E-state index contributed by atoms with van der Waals surface area (Å²) >= 11 is 6.11. The SMILES string of the molecule is Cc1c(N=C(N)Cc2ncccc2Cl)nc(N)nc1-c1ccccc1. The van der Waals surface area contributed by atoms with Crippen molar-refractivity contribution in [1.29, 1.82) is 0 Å². The van der Waals surface area contributed by atoms with Crippen molar-refractivity contribution in [3.05, 3.63) is 64.9 Å². The Balaban J connectivity index is 1.97. The van der Waals surface area contributed by atoms with Crippen molar-refractivity contribution in [3.8, 4) is 11.3 Å². The minimum Gasteiger partial charge on any atom is -0.387 e. The molecular weight excluding hydrogens is 336 g/mol. The van der Waals surface area contributed by atoms with Gasteiger partial charge in [0.1, 0.15) is 5.84 Å². The van der Waals surface area contributed by atoms with Crippen molar-refractivity contribution in [2.75, 3.05) is 5.73 Å². The number of aromatic nitrogens is 3. The third kappa shape index (κ3) is 3.92. The number of nitrogens with two attached hydrogens (primary N) is 2. The van der Waals surface area contributed by atoms with E-state index in [1.54, 1.807) is 18.3 Å². The summed E-state index contributed by atoms with van der Waals surface area (Å²) in [4.78, 5) is 17.2. The van der Waals surface area contributed by atoms with Crippen LogP contribution in [0.15, 0.2) is 53.7 Å². The highest BCUT2D eigenvalue weighted by atomic mass is 35.5. The highest BCUT2D eigenvalue weighted by Crippen LogP contribution is 2.28. The Labute approximate surface area is 150 Å². The standard InChI is InChI=1S/C18H17ClN6/c1-11-16(12-6-3-2-4-7-12)24-18(21)25-17(11)23-15(20)10-14-13(19)8-5-9-22-14/h2-9H,10H2,1H3,(H4,20,21,23,24,25). The summed E-state index contributed by atoms with van der Waals surface area (Å²) in [5, 5.41) is 0.546. The van der Waals surface area contributed by atoms with E-state index in [1.807, 2.05) is 37.3 Å². The maximum absolute atomic E-state index is 6.11. The van der Waals surface area contributed by atoms with E-state index in [4.69, 9.17) is 23.1 Å². The summed E-state index contributed by atoms with van der Waals surface area (Å²) in [7, 11) is 0. The molecule has 1 aromatic carbocycles. The summed E-state index contributed by atoms with van der Waals surface area (Å²) in [6.07, 6.45) is 1.99. The molecule has 126 valence electrons. The van der Waals surface area contributed by atoms with Crippen LogP contribution in [0, 0.1) is 6.92 Å². The lowest BCUT2D eigenvalue weighted by molar-refractivity contribution is 1.10. The van der Waals surface area contributed by atoms with Crippen molar-refractivity contribution < 1.29 is 0 Å². The number of halogens is 1. The van der Waals surface area contributed by atoms with Crippen molar-refractivity contribution >= 4 is 29.2 Å². The van der Waals surface area contributed by atoms with Gasteiger partial charge in [0.15, 0.2) is 5.82 Å².